The van der Waals surface area contributed by atoms with Crippen molar-refractivity contribution in [1.82, 2.24) is 10.3 Å². The third kappa shape index (κ3) is 1.67. The predicted molar refractivity (Wildman–Crippen MR) is 71.5 cm³/mol. The Bertz CT molecular complexity index is 591. The van der Waals surface area contributed by atoms with Crippen LogP contribution in [-0.4, -0.2) is 23.7 Å². The molecule has 0 atom stereocenters. The first-order chi connectivity index (χ1) is 8.29. The third-order valence-corrected chi connectivity index (χ3v) is 3.78. The van der Waals surface area contributed by atoms with Gasteiger partial charge in [-0.3, -0.25) is 4.79 Å². The van der Waals surface area contributed by atoms with Gasteiger partial charge in [-0.15, -0.1) is 0 Å². The molecule has 88 valence electrons. The average molecular weight is 247 g/mol. The molecule has 3 rings (SSSR count). The van der Waals surface area contributed by atoms with Gasteiger partial charge in [0, 0.05) is 35.5 Å². The lowest BCUT2D eigenvalue weighted by Gasteiger charge is -2.07. The number of nitrogens with one attached hydrogen (secondary N) is 3. The van der Waals surface area contributed by atoms with Crippen molar-refractivity contribution < 1.29 is 4.79 Å². The summed E-state index contributed by atoms with van der Waals surface area (Å²) in [6.45, 7) is 0. The highest BCUT2D eigenvalue weighted by molar-refractivity contribution is 8.00. The maximum Gasteiger partial charge on any atom is 0.251 e. The molecular formula is C12H13N3OS. The van der Waals surface area contributed by atoms with Gasteiger partial charge in [-0.2, -0.15) is 0 Å². The van der Waals surface area contributed by atoms with E-state index < -0.39 is 0 Å². The quantitative estimate of drug-likeness (QED) is 0.677. The van der Waals surface area contributed by atoms with E-state index in [9.17, 15) is 4.79 Å². The van der Waals surface area contributed by atoms with Crippen LogP contribution in [0.5, 0.6) is 0 Å². The summed E-state index contributed by atoms with van der Waals surface area (Å²) < 4.78 is 3.31. The van der Waals surface area contributed by atoms with Gasteiger partial charge in [0.2, 0.25) is 0 Å². The van der Waals surface area contributed by atoms with Gasteiger partial charge in [-0.1, -0.05) is 11.9 Å². The highest BCUT2D eigenvalue weighted by atomic mass is 32.2. The summed E-state index contributed by atoms with van der Waals surface area (Å²) in [5.41, 5.74) is 4.04. The van der Waals surface area contributed by atoms with Crippen LogP contribution in [0.2, 0.25) is 0 Å². The lowest BCUT2D eigenvalue weighted by Crippen LogP contribution is -2.17. The van der Waals surface area contributed by atoms with Crippen LogP contribution in [0.3, 0.4) is 0 Å². The van der Waals surface area contributed by atoms with Crippen LogP contribution in [0.15, 0.2) is 18.3 Å². The van der Waals surface area contributed by atoms with Crippen LogP contribution in [0.25, 0.3) is 10.9 Å². The largest absolute Gasteiger partial charge is 0.361 e. The number of aryl methyl sites for hydroxylation is 1. The SMILES string of the molecule is CNC(=O)c1cc2c3c(c[nH]c3c1)CCSN2. The lowest BCUT2D eigenvalue weighted by atomic mass is 10.1. The number of carbonyl (C=O) groups excluding carboxylic acids is 1. The molecule has 0 saturated carbocycles. The molecule has 0 radical (unpaired) electrons. The zero-order valence-corrected chi connectivity index (χ0v) is 10.3. The van der Waals surface area contributed by atoms with E-state index in [4.69, 9.17) is 0 Å². The number of carbonyl (C=O) groups is 1. The minimum Gasteiger partial charge on any atom is -0.361 e. The van der Waals surface area contributed by atoms with Crippen LogP contribution < -0.4 is 10.0 Å². The van der Waals surface area contributed by atoms with E-state index in [0.29, 0.717) is 5.56 Å². The molecule has 0 saturated heterocycles. The smallest absolute Gasteiger partial charge is 0.251 e. The molecular weight excluding hydrogens is 234 g/mol. The van der Waals surface area contributed by atoms with Gasteiger partial charge in [0.15, 0.2) is 0 Å². The van der Waals surface area contributed by atoms with Crippen molar-refractivity contribution in [2.45, 2.75) is 6.42 Å². The molecule has 1 aliphatic heterocycles. The zero-order valence-electron chi connectivity index (χ0n) is 9.46. The summed E-state index contributed by atoms with van der Waals surface area (Å²) in [6.07, 6.45) is 3.08. The van der Waals surface area contributed by atoms with E-state index in [0.717, 1.165) is 23.4 Å². The second-order valence-electron chi connectivity index (χ2n) is 4.04. The number of H-pyrrole nitrogens is 1. The summed E-state index contributed by atoms with van der Waals surface area (Å²) >= 11 is 1.68. The van der Waals surface area contributed by atoms with Gasteiger partial charge in [-0.25, -0.2) is 0 Å². The molecule has 0 bridgehead atoms. The van der Waals surface area contributed by atoms with E-state index >= 15 is 0 Å². The Hall–Kier alpha value is -1.62. The first-order valence-electron chi connectivity index (χ1n) is 5.53. The predicted octanol–water partition coefficient (Wildman–Crippen LogP) is 2.14. The average Bonchev–Trinajstić information content (AvgIpc) is 2.64. The van der Waals surface area contributed by atoms with Crippen molar-refractivity contribution in [2.75, 3.05) is 17.5 Å². The Labute approximate surface area is 103 Å². The molecule has 3 N–H and O–H groups in total. The van der Waals surface area contributed by atoms with Crippen LogP contribution in [-0.2, 0) is 6.42 Å². The van der Waals surface area contributed by atoms with E-state index in [2.05, 4.69) is 15.0 Å². The summed E-state index contributed by atoms with van der Waals surface area (Å²) in [7, 11) is 1.65. The summed E-state index contributed by atoms with van der Waals surface area (Å²) in [6, 6.07) is 3.82. The Kier molecular flexibility index (Phi) is 2.48. The van der Waals surface area contributed by atoms with Crippen LogP contribution in [0.4, 0.5) is 5.69 Å². The molecule has 5 heteroatoms. The van der Waals surface area contributed by atoms with Crippen LogP contribution >= 0.6 is 11.9 Å². The van der Waals surface area contributed by atoms with Gasteiger partial charge >= 0.3 is 0 Å². The van der Waals surface area contributed by atoms with E-state index in [1.165, 1.54) is 10.9 Å². The fourth-order valence-electron chi connectivity index (χ4n) is 2.18. The lowest BCUT2D eigenvalue weighted by molar-refractivity contribution is 0.0963. The van der Waals surface area contributed by atoms with Crippen LogP contribution in [0, 0.1) is 0 Å². The zero-order chi connectivity index (χ0) is 11.8. The Morgan fingerprint density at radius 1 is 1.47 bits per heavy atom. The fraction of sp³-hybridized carbons (Fsp3) is 0.250. The van der Waals surface area contributed by atoms with Gasteiger partial charge in [0.25, 0.3) is 5.91 Å². The molecule has 0 aliphatic carbocycles. The van der Waals surface area contributed by atoms with E-state index in [1.807, 2.05) is 18.3 Å². The number of aromatic nitrogens is 1. The molecule has 17 heavy (non-hydrogen) atoms. The first kappa shape index (κ1) is 10.5. The molecule has 0 spiro atoms. The minimum absolute atomic E-state index is 0.0599. The number of rotatable bonds is 1. The molecule has 0 unspecified atom stereocenters. The second-order valence-corrected chi connectivity index (χ2v) is 4.94. The molecule has 2 heterocycles. The summed E-state index contributed by atoms with van der Waals surface area (Å²) in [5.74, 6) is 0.979. The van der Waals surface area contributed by atoms with Gasteiger partial charge in [-0.05, 0) is 24.1 Å². The molecule has 1 aliphatic rings. The Morgan fingerprint density at radius 3 is 3.18 bits per heavy atom. The topological polar surface area (TPSA) is 56.9 Å². The molecule has 1 aromatic heterocycles. The van der Waals surface area contributed by atoms with E-state index in [1.54, 1.807) is 19.0 Å². The highest BCUT2D eigenvalue weighted by Crippen LogP contribution is 2.33. The summed E-state index contributed by atoms with van der Waals surface area (Å²) in [5, 5.41) is 3.86. The molecule has 2 aromatic rings. The highest BCUT2D eigenvalue weighted by Gasteiger charge is 2.15. The van der Waals surface area contributed by atoms with E-state index in [-0.39, 0.29) is 5.91 Å². The number of hydrogen-bond donors (Lipinski definition) is 3. The number of amides is 1. The molecule has 1 amide bonds. The maximum absolute atomic E-state index is 11.7. The van der Waals surface area contributed by atoms with Crippen molar-refractivity contribution in [3.05, 3.63) is 29.5 Å². The minimum atomic E-state index is -0.0599. The summed E-state index contributed by atoms with van der Waals surface area (Å²) in [4.78, 5) is 14.9. The Morgan fingerprint density at radius 2 is 2.35 bits per heavy atom. The second kappa shape index (κ2) is 4.00. The number of anilines is 1. The van der Waals surface area contributed by atoms with Gasteiger partial charge in [0.05, 0.1) is 5.69 Å². The maximum atomic E-state index is 11.7. The third-order valence-electron chi connectivity index (χ3n) is 3.01. The number of benzene rings is 1. The standard InChI is InChI=1S/C12H13N3OS/c1-13-12(16)8-4-9-11-7(6-14-9)2-3-17-15-10(11)5-8/h4-6,14-15H,2-3H2,1H3,(H,13,16). The normalized spacial score (nSPS) is 14.2. The van der Waals surface area contributed by atoms with Crippen molar-refractivity contribution in [1.29, 1.82) is 0 Å². The van der Waals surface area contributed by atoms with Gasteiger partial charge < -0.3 is 15.0 Å². The molecule has 0 fully saturated rings. The van der Waals surface area contributed by atoms with Crippen molar-refractivity contribution >= 4 is 34.4 Å². The number of aromatic amines is 1. The number of hydrogen-bond acceptors (Lipinski definition) is 3. The fourth-order valence-corrected chi connectivity index (χ4v) is 2.92. The molecule has 4 nitrogen and oxygen atoms in total. The van der Waals surface area contributed by atoms with Crippen molar-refractivity contribution in [2.24, 2.45) is 0 Å². The first-order valence-corrected chi connectivity index (χ1v) is 6.52. The Balaban J connectivity index is 2.24. The molecule has 1 aromatic carbocycles. The van der Waals surface area contributed by atoms with Crippen molar-refractivity contribution in [3.63, 3.8) is 0 Å². The van der Waals surface area contributed by atoms with Crippen molar-refractivity contribution in [3.8, 4) is 0 Å². The monoisotopic (exact) mass is 247 g/mol. The van der Waals surface area contributed by atoms with Gasteiger partial charge in [0.1, 0.15) is 0 Å². The van der Waals surface area contributed by atoms with Crippen LogP contribution in [0.1, 0.15) is 15.9 Å².